The van der Waals surface area contributed by atoms with Crippen molar-refractivity contribution in [2.24, 2.45) is 5.41 Å². The van der Waals surface area contributed by atoms with Crippen LogP contribution >= 0.6 is 0 Å². The van der Waals surface area contributed by atoms with Gasteiger partial charge in [0.05, 0.1) is 18.6 Å². The maximum absolute atomic E-state index is 13.8. The van der Waals surface area contributed by atoms with Crippen molar-refractivity contribution in [3.05, 3.63) is 62.4 Å². The summed E-state index contributed by atoms with van der Waals surface area (Å²) in [7, 11) is 1.37. The molecule has 0 radical (unpaired) electrons. The molecule has 3 atom stereocenters. The van der Waals surface area contributed by atoms with Gasteiger partial charge >= 0.3 is 17.8 Å². The monoisotopic (exact) mass is 552 g/mol. The second-order valence-electron chi connectivity index (χ2n) is 9.67. The molecule has 1 aliphatic rings. The number of hydrogen-bond donors (Lipinski definition) is 0. The average molecular weight is 553 g/mol. The molecule has 0 amide bonds. The molecule has 0 saturated carbocycles. The topological polar surface area (TPSA) is 115 Å². The maximum atomic E-state index is 13.8. The SMILES string of the molecule is C#CCO[C@H]1C[C@H](n2cc(C(F)(F)F)c(=O)n(C(=O)c3ccc(OC)cc3)c2=O)O[C@@H]1COC(=O)C(C)(C)C. The first kappa shape index (κ1) is 29.7. The number of alkyl halides is 3. The summed E-state index contributed by atoms with van der Waals surface area (Å²) < 4.78 is 63.4. The molecular formula is C26H27F3N2O8. The molecule has 0 spiro atoms. The van der Waals surface area contributed by atoms with Crippen molar-refractivity contribution in [3.8, 4) is 18.1 Å². The molecule has 210 valence electrons. The molecular weight excluding hydrogens is 525 g/mol. The van der Waals surface area contributed by atoms with Crippen LogP contribution < -0.4 is 16.0 Å². The molecule has 39 heavy (non-hydrogen) atoms. The minimum atomic E-state index is -5.20. The predicted molar refractivity (Wildman–Crippen MR) is 130 cm³/mol. The number of benzene rings is 1. The van der Waals surface area contributed by atoms with E-state index in [2.05, 4.69) is 5.92 Å². The standard InChI is InChI=1S/C26H27F3N2O8/c1-6-11-37-18-12-20(39-19(18)14-38-23(34)25(2,3)4)30-13-17(26(27,28)29)22(33)31(24(30)35)21(32)15-7-9-16(36-5)10-8-15/h1,7-10,13,18-20H,11-12,14H2,2-5H3/t18-,19+,20+/m0/s1. The molecule has 10 nitrogen and oxygen atoms in total. The molecule has 0 bridgehead atoms. The summed E-state index contributed by atoms with van der Waals surface area (Å²) in [6.07, 6.45) is -3.13. The maximum Gasteiger partial charge on any atom is 0.423 e. The fraction of sp³-hybridized carbons (Fsp3) is 0.462. The van der Waals surface area contributed by atoms with Gasteiger partial charge < -0.3 is 18.9 Å². The third-order valence-corrected chi connectivity index (χ3v) is 5.82. The zero-order valence-electron chi connectivity index (χ0n) is 21.6. The molecule has 1 aromatic heterocycles. The summed E-state index contributed by atoms with van der Waals surface area (Å²) in [5.74, 6) is 0.753. The zero-order valence-corrected chi connectivity index (χ0v) is 21.6. The van der Waals surface area contributed by atoms with E-state index in [1.165, 1.54) is 31.4 Å². The molecule has 1 aliphatic heterocycles. The Labute approximate surface area is 221 Å². The summed E-state index contributed by atoms with van der Waals surface area (Å²) in [6.45, 7) is 4.35. The van der Waals surface area contributed by atoms with Gasteiger partial charge in [0.25, 0.3) is 11.5 Å². The average Bonchev–Trinajstić information content (AvgIpc) is 3.27. The number of methoxy groups -OCH3 is 1. The molecule has 0 unspecified atom stereocenters. The van der Waals surface area contributed by atoms with E-state index in [4.69, 9.17) is 25.4 Å². The van der Waals surface area contributed by atoms with E-state index in [1.54, 1.807) is 20.8 Å². The molecule has 13 heteroatoms. The van der Waals surface area contributed by atoms with Gasteiger partial charge in [0.1, 0.15) is 36.9 Å². The lowest BCUT2D eigenvalue weighted by Crippen LogP contribution is -2.47. The Balaban J connectivity index is 2.05. The fourth-order valence-corrected chi connectivity index (χ4v) is 3.74. The van der Waals surface area contributed by atoms with Crippen molar-refractivity contribution < 1.29 is 41.7 Å². The van der Waals surface area contributed by atoms with Crippen LogP contribution in [-0.2, 0) is 25.2 Å². The van der Waals surface area contributed by atoms with Crippen LogP contribution in [0, 0.1) is 17.8 Å². The summed E-state index contributed by atoms with van der Waals surface area (Å²) in [5.41, 5.74) is -6.02. The number of carbonyl (C=O) groups excluding carboxylic acids is 2. The number of aromatic nitrogens is 2. The third-order valence-electron chi connectivity index (χ3n) is 5.82. The van der Waals surface area contributed by atoms with Gasteiger partial charge in [-0.2, -0.15) is 17.7 Å². The lowest BCUT2D eigenvalue weighted by atomic mass is 9.97. The van der Waals surface area contributed by atoms with Crippen LogP contribution in [0.3, 0.4) is 0 Å². The number of terminal acetylenes is 1. The largest absolute Gasteiger partial charge is 0.497 e. The van der Waals surface area contributed by atoms with Crippen molar-refractivity contribution in [2.75, 3.05) is 20.3 Å². The first-order valence-electron chi connectivity index (χ1n) is 11.7. The summed E-state index contributed by atoms with van der Waals surface area (Å²) in [5, 5.41) is 0. The van der Waals surface area contributed by atoms with E-state index in [0.717, 1.165) is 0 Å². The van der Waals surface area contributed by atoms with Crippen LogP contribution in [0.5, 0.6) is 5.75 Å². The van der Waals surface area contributed by atoms with Crippen LogP contribution in [0.1, 0.15) is 49.3 Å². The van der Waals surface area contributed by atoms with E-state index < -0.39 is 58.7 Å². The molecule has 0 aliphatic carbocycles. The quantitative estimate of drug-likeness (QED) is 0.381. The highest BCUT2D eigenvalue weighted by atomic mass is 19.4. The van der Waals surface area contributed by atoms with Gasteiger partial charge in [0.15, 0.2) is 0 Å². The van der Waals surface area contributed by atoms with E-state index in [-0.39, 0.29) is 29.8 Å². The molecule has 0 N–H and O–H groups in total. The van der Waals surface area contributed by atoms with Gasteiger partial charge in [-0.25, -0.2) is 4.79 Å². The van der Waals surface area contributed by atoms with Crippen LogP contribution in [0.4, 0.5) is 13.2 Å². The Hall–Kier alpha value is -3.89. The second-order valence-corrected chi connectivity index (χ2v) is 9.67. The van der Waals surface area contributed by atoms with Crippen molar-refractivity contribution in [1.29, 1.82) is 0 Å². The molecule has 3 rings (SSSR count). The summed E-state index contributed by atoms with van der Waals surface area (Å²) in [4.78, 5) is 51.3. The highest BCUT2D eigenvalue weighted by molar-refractivity contribution is 5.95. The zero-order chi connectivity index (χ0) is 29.1. The summed E-state index contributed by atoms with van der Waals surface area (Å²) >= 11 is 0. The Morgan fingerprint density at radius 1 is 1.15 bits per heavy atom. The first-order chi connectivity index (χ1) is 18.2. The third kappa shape index (κ3) is 6.58. The number of nitrogens with zero attached hydrogens (tertiary/aromatic N) is 2. The fourth-order valence-electron chi connectivity index (χ4n) is 3.74. The number of carbonyl (C=O) groups is 2. The highest BCUT2D eigenvalue weighted by Gasteiger charge is 2.42. The van der Waals surface area contributed by atoms with E-state index in [0.29, 0.717) is 16.5 Å². The Morgan fingerprint density at radius 2 is 1.79 bits per heavy atom. The molecule has 1 aromatic carbocycles. The normalized spacial score (nSPS) is 19.4. The first-order valence-corrected chi connectivity index (χ1v) is 11.7. The van der Waals surface area contributed by atoms with E-state index in [1.807, 2.05) is 0 Å². The molecule has 1 fully saturated rings. The highest BCUT2D eigenvalue weighted by Crippen LogP contribution is 2.32. The number of esters is 1. The van der Waals surface area contributed by atoms with Crippen molar-refractivity contribution in [3.63, 3.8) is 0 Å². The van der Waals surface area contributed by atoms with Gasteiger partial charge in [-0.3, -0.25) is 19.0 Å². The van der Waals surface area contributed by atoms with Crippen LogP contribution in [-0.4, -0.2) is 53.5 Å². The second kappa shape index (κ2) is 11.5. The number of ether oxygens (including phenoxy) is 4. The van der Waals surface area contributed by atoms with Crippen molar-refractivity contribution in [2.45, 2.75) is 51.8 Å². The smallest absolute Gasteiger partial charge is 0.423 e. The minimum absolute atomic E-state index is 0.0990. The lowest BCUT2D eigenvalue weighted by Gasteiger charge is -2.22. The van der Waals surface area contributed by atoms with Crippen LogP contribution in [0.15, 0.2) is 40.1 Å². The van der Waals surface area contributed by atoms with Gasteiger partial charge in [-0.1, -0.05) is 5.92 Å². The minimum Gasteiger partial charge on any atom is -0.497 e. The van der Waals surface area contributed by atoms with Gasteiger partial charge in [0, 0.05) is 18.2 Å². The lowest BCUT2D eigenvalue weighted by molar-refractivity contribution is -0.160. The van der Waals surface area contributed by atoms with Crippen molar-refractivity contribution >= 4 is 11.9 Å². The number of halogens is 3. The van der Waals surface area contributed by atoms with E-state index >= 15 is 0 Å². The van der Waals surface area contributed by atoms with Gasteiger partial charge in [-0.15, -0.1) is 6.42 Å². The molecule has 1 saturated heterocycles. The van der Waals surface area contributed by atoms with Gasteiger partial charge in [0.2, 0.25) is 0 Å². The number of rotatable bonds is 7. The predicted octanol–water partition coefficient (Wildman–Crippen LogP) is 2.62. The van der Waals surface area contributed by atoms with Crippen LogP contribution in [0.2, 0.25) is 0 Å². The van der Waals surface area contributed by atoms with Crippen molar-refractivity contribution in [1.82, 2.24) is 9.13 Å². The summed E-state index contributed by atoms with van der Waals surface area (Å²) in [6, 6.07) is 5.10. The Kier molecular flexibility index (Phi) is 8.72. The van der Waals surface area contributed by atoms with E-state index in [9.17, 15) is 32.3 Å². The molecule has 2 aromatic rings. The Morgan fingerprint density at radius 3 is 2.33 bits per heavy atom. The van der Waals surface area contributed by atoms with Crippen LogP contribution in [0.25, 0.3) is 0 Å². The Bertz CT molecular complexity index is 1380. The molecule has 2 heterocycles. The number of hydrogen-bond acceptors (Lipinski definition) is 8. The van der Waals surface area contributed by atoms with Gasteiger partial charge in [-0.05, 0) is 45.0 Å².